The topological polar surface area (TPSA) is 75.1 Å². The van der Waals surface area contributed by atoms with Crippen LogP contribution in [0.4, 0.5) is 5.69 Å². The maximum atomic E-state index is 12.8. The first-order chi connectivity index (χ1) is 13.2. The van der Waals surface area contributed by atoms with E-state index < -0.39 is 5.76 Å². The lowest BCUT2D eigenvalue weighted by Crippen LogP contribution is -2.14. The van der Waals surface area contributed by atoms with E-state index in [1.807, 2.05) is 42.5 Å². The summed E-state index contributed by atoms with van der Waals surface area (Å²) in [6, 6.07) is 22.9. The molecular weight excluding hydrogens is 340 g/mol. The summed E-state index contributed by atoms with van der Waals surface area (Å²) < 4.78 is 4.98. The predicted octanol–water partition coefficient (Wildman–Crippen LogP) is 4.16. The van der Waals surface area contributed by atoms with Crippen molar-refractivity contribution in [2.75, 3.05) is 5.32 Å². The summed E-state index contributed by atoms with van der Waals surface area (Å²) in [6.07, 6.45) is 1.65. The summed E-state index contributed by atoms with van der Waals surface area (Å²) >= 11 is 0. The van der Waals surface area contributed by atoms with Gasteiger partial charge in [-0.2, -0.15) is 0 Å². The van der Waals surface area contributed by atoms with Crippen LogP contribution in [0.5, 0.6) is 0 Å². The number of aryl methyl sites for hydroxylation is 2. The maximum Gasteiger partial charge on any atom is 0.417 e. The van der Waals surface area contributed by atoms with E-state index in [0.29, 0.717) is 22.4 Å². The highest BCUT2D eigenvalue weighted by Gasteiger charge is 2.12. The van der Waals surface area contributed by atoms with Crippen molar-refractivity contribution >= 4 is 22.7 Å². The van der Waals surface area contributed by atoms with Gasteiger partial charge in [0.05, 0.1) is 5.52 Å². The predicted molar refractivity (Wildman–Crippen MR) is 105 cm³/mol. The standard InChI is InChI=1S/C22H18N2O3/c25-21(23-17-12-13-20-19(14-17)24-22(26)27-20)18-9-5-4-8-16(18)11-10-15-6-2-1-3-7-15/h1-9,12-14H,10-11H2,(H,23,25)(H,24,26). The molecule has 0 radical (unpaired) electrons. The van der Waals surface area contributed by atoms with Crippen LogP contribution < -0.4 is 11.1 Å². The third kappa shape index (κ3) is 3.82. The Morgan fingerprint density at radius 1 is 0.926 bits per heavy atom. The second kappa shape index (κ2) is 7.33. The van der Waals surface area contributed by atoms with Crippen LogP contribution in [0.3, 0.4) is 0 Å². The van der Waals surface area contributed by atoms with Crippen LogP contribution in [-0.2, 0) is 12.8 Å². The molecule has 3 aromatic carbocycles. The van der Waals surface area contributed by atoms with Gasteiger partial charge in [-0.1, -0.05) is 48.5 Å². The second-order valence-corrected chi connectivity index (χ2v) is 6.32. The molecule has 4 aromatic rings. The number of amides is 1. The van der Waals surface area contributed by atoms with Gasteiger partial charge in [0.15, 0.2) is 5.58 Å². The zero-order valence-electron chi connectivity index (χ0n) is 14.6. The largest absolute Gasteiger partial charge is 0.417 e. The molecule has 0 aliphatic carbocycles. The molecule has 0 aliphatic heterocycles. The minimum atomic E-state index is -0.514. The molecule has 27 heavy (non-hydrogen) atoms. The van der Waals surface area contributed by atoms with Crippen LogP contribution >= 0.6 is 0 Å². The Morgan fingerprint density at radius 3 is 2.56 bits per heavy atom. The normalized spacial score (nSPS) is 10.8. The minimum absolute atomic E-state index is 0.177. The highest BCUT2D eigenvalue weighted by atomic mass is 16.4. The number of oxazole rings is 1. The smallest absolute Gasteiger partial charge is 0.408 e. The fourth-order valence-corrected chi connectivity index (χ4v) is 3.11. The van der Waals surface area contributed by atoms with E-state index in [0.717, 1.165) is 18.4 Å². The van der Waals surface area contributed by atoms with Gasteiger partial charge in [0.2, 0.25) is 0 Å². The second-order valence-electron chi connectivity index (χ2n) is 6.32. The molecule has 0 aliphatic rings. The van der Waals surface area contributed by atoms with Crippen molar-refractivity contribution in [2.24, 2.45) is 0 Å². The molecule has 0 saturated heterocycles. The van der Waals surface area contributed by atoms with E-state index in [-0.39, 0.29) is 5.91 Å². The Morgan fingerprint density at radius 2 is 1.70 bits per heavy atom. The number of rotatable bonds is 5. The van der Waals surface area contributed by atoms with Gasteiger partial charge >= 0.3 is 5.76 Å². The fourth-order valence-electron chi connectivity index (χ4n) is 3.11. The van der Waals surface area contributed by atoms with Gasteiger partial charge in [-0.05, 0) is 48.2 Å². The van der Waals surface area contributed by atoms with Gasteiger partial charge in [0, 0.05) is 11.3 Å². The Balaban J connectivity index is 1.53. The maximum absolute atomic E-state index is 12.8. The third-order valence-electron chi connectivity index (χ3n) is 4.46. The monoisotopic (exact) mass is 358 g/mol. The zero-order valence-corrected chi connectivity index (χ0v) is 14.6. The quantitative estimate of drug-likeness (QED) is 0.562. The fraction of sp³-hybridized carbons (Fsp3) is 0.0909. The lowest BCUT2D eigenvalue weighted by atomic mass is 9.99. The van der Waals surface area contributed by atoms with E-state index in [2.05, 4.69) is 22.4 Å². The molecule has 5 nitrogen and oxygen atoms in total. The van der Waals surface area contributed by atoms with E-state index in [9.17, 15) is 9.59 Å². The molecule has 0 atom stereocenters. The van der Waals surface area contributed by atoms with Gasteiger partial charge in [0.25, 0.3) is 5.91 Å². The van der Waals surface area contributed by atoms with Crippen molar-refractivity contribution < 1.29 is 9.21 Å². The van der Waals surface area contributed by atoms with Gasteiger partial charge in [-0.15, -0.1) is 0 Å². The SMILES string of the molecule is O=C(Nc1ccc2oc(=O)[nH]c2c1)c1ccccc1CCc1ccccc1. The summed E-state index contributed by atoms with van der Waals surface area (Å²) in [6.45, 7) is 0. The molecule has 134 valence electrons. The van der Waals surface area contributed by atoms with Crippen molar-refractivity contribution in [1.82, 2.24) is 4.98 Å². The van der Waals surface area contributed by atoms with Gasteiger partial charge < -0.3 is 9.73 Å². The number of anilines is 1. The number of aromatic nitrogens is 1. The van der Waals surface area contributed by atoms with Crippen LogP contribution in [0, 0.1) is 0 Å². The number of aromatic amines is 1. The summed E-state index contributed by atoms with van der Waals surface area (Å²) in [4.78, 5) is 26.6. The molecule has 0 spiro atoms. The molecule has 0 bridgehead atoms. The Hall–Kier alpha value is -3.60. The van der Waals surface area contributed by atoms with Crippen molar-refractivity contribution in [2.45, 2.75) is 12.8 Å². The zero-order chi connectivity index (χ0) is 18.6. The van der Waals surface area contributed by atoms with E-state index in [1.54, 1.807) is 18.2 Å². The molecule has 1 amide bonds. The number of carbonyl (C=O) groups excluding carboxylic acids is 1. The first kappa shape index (κ1) is 16.8. The van der Waals surface area contributed by atoms with Crippen LogP contribution in [0.25, 0.3) is 11.1 Å². The number of hydrogen-bond acceptors (Lipinski definition) is 3. The van der Waals surface area contributed by atoms with Crippen LogP contribution in [0.2, 0.25) is 0 Å². The third-order valence-corrected chi connectivity index (χ3v) is 4.46. The average Bonchev–Trinajstić information content (AvgIpc) is 3.06. The van der Waals surface area contributed by atoms with E-state index >= 15 is 0 Å². The van der Waals surface area contributed by atoms with Crippen molar-refractivity contribution in [3.05, 3.63) is 100 Å². The number of nitrogens with one attached hydrogen (secondary N) is 2. The van der Waals surface area contributed by atoms with E-state index in [4.69, 9.17) is 4.42 Å². The molecule has 4 rings (SSSR count). The lowest BCUT2D eigenvalue weighted by molar-refractivity contribution is 0.102. The van der Waals surface area contributed by atoms with E-state index in [1.165, 1.54) is 5.56 Å². The van der Waals surface area contributed by atoms with Crippen molar-refractivity contribution in [3.63, 3.8) is 0 Å². The molecule has 1 aromatic heterocycles. The highest BCUT2D eigenvalue weighted by Crippen LogP contribution is 2.19. The Labute approximate surface area is 155 Å². The first-order valence-electron chi connectivity index (χ1n) is 8.75. The molecule has 5 heteroatoms. The summed E-state index contributed by atoms with van der Waals surface area (Å²) in [5, 5.41) is 2.90. The number of carbonyl (C=O) groups is 1. The number of fused-ring (bicyclic) bond motifs is 1. The van der Waals surface area contributed by atoms with Crippen molar-refractivity contribution in [3.8, 4) is 0 Å². The number of benzene rings is 3. The molecule has 2 N–H and O–H groups in total. The molecular formula is C22H18N2O3. The van der Waals surface area contributed by atoms with Crippen LogP contribution in [0.15, 0.2) is 82.0 Å². The minimum Gasteiger partial charge on any atom is -0.408 e. The molecule has 0 fully saturated rings. The first-order valence-corrected chi connectivity index (χ1v) is 8.75. The average molecular weight is 358 g/mol. The number of hydrogen-bond donors (Lipinski definition) is 2. The molecule has 0 unspecified atom stereocenters. The summed E-state index contributed by atoms with van der Waals surface area (Å²) in [7, 11) is 0. The van der Waals surface area contributed by atoms with Gasteiger partial charge in [-0.25, -0.2) is 4.79 Å². The Bertz CT molecular complexity index is 1140. The van der Waals surface area contributed by atoms with Gasteiger partial charge in [-0.3, -0.25) is 9.78 Å². The highest BCUT2D eigenvalue weighted by molar-refractivity contribution is 6.05. The summed E-state index contributed by atoms with van der Waals surface area (Å²) in [5.74, 6) is -0.691. The summed E-state index contributed by atoms with van der Waals surface area (Å²) in [5.41, 5.74) is 4.49. The lowest BCUT2D eigenvalue weighted by Gasteiger charge is -2.10. The van der Waals surface area contributed by atoms with Crippen LogP contribution in [-0.4, -0.2) is 10.9 Å². The van der Waals surface area contributed by atoms with Gasteiger partial charge in [0.1, 0.15) is 0 Å². The Kier molecular flexibility index (Phi) is 4.58. The molecule has 1 heterocycles. The number of H-pyrrole nitrogens is 1. The molecule has 0 saturated carbocycles. The van der Waals surface area contributed by atoms with Crippen LogP contribution in [0.1, 0.15) is 21.5 Å². The van der Waals surface area contributed by atoms with Crippen molar-refractivity contribution in [1.29, 1.82) is 0 Å².